The molecule has 1 aliphatic rings. The van der Waals surface area contributed by atoms with Crippen molar-refractivity contribution >= 4 is 39.7 Å². The molecule has 0 amide bonds. The highest BCUT2D eigenvalue weighted by atomic mass is 32.2. The zero-order valence-electron chi connectivity index (χ0n) is 16.4. The van der Waals surface area contributed by atoms with Crippen LogP contribution in [0.4, 0.5) is 5.69 Å². The van der Waals surface area contributed by atoms with E-state index < -0.39 is 0 Å². The molecular formula is C21H20N6O2S. The number of anilines is 1. The molecule has 0 bridgehead atoms. The monoisotopic (exact) mass is 420 g/mol. The smallest absolute Gasteiger partial charge is 0.200 e. The lowest BCUT2D eigenvalue weighted by Crippen LogP contribution is -2.36. The molecule has 4 heterocycles. The Bertz CT molecular complexity index is 1250. The van der Waals surface area contributed by atoms with Crippen molar-refractivity contribution in [2.45, 2.75) is 17.0 Å². The van der Waals surface area contributed by atoms with Crippen LogP contribution in [0, 0.1) is 0 Å². The molecule has 8 nitrogen and oxygen atoms in total. The van der Waals surface area contributed by atoms with E-state index in [1.807, 2.05) is 41.1 Å². The summed E-state index contributed by atoms with van der Waals surface area (Å²) in [6, 6.07) is 12.1. The molecule has 0 radical (unpaired) electrons. The molecule has 0 aliphatic carbocycles. The maximum atomic E-state index is 9.06. The molecular weight excluding hydrogens is 400 g/mol. The van der Waals surface area contributed by atoms with E-state index in [2.05, 4.69) is 37.4 Å². The minimum absolute atomic E-state index is 0.536. The predicted molar refractivity (Wildman–Crippen MR) is 116 cm³/mol. The van der Waals surface area contributed by atoms with Gasteiger partial charge in [-0.1, -0.05) is 5.16 Å². The number of ether oxygens (including phenoxy) is 1. The molecule has 1 aromatic carbocycles. The number of hydrogen-bond donors (Lipinski definition) is 1. The summed E-state index contributed by atoms with van der Waals surface area (Å²) in [6.45, 7) is 5.01. The van der Waals surface area contributed by atoms with Gasteiger partial charge in [0, 0.05) is 35.1 Å². The molecule has 1 saturated heterocycles. The molecule has 152 valence electrons. The quantitative estimate of drug-likeness (QED) is 0.307. The van der Waals surface area contributed by atoms with Crippen LogP contribution in [0.15, 0.2) is 64.0 Å². The van der Waals surface area contributed by atoms with Crippen molar-refractivity contribution < 1.29 is 9.94 Å². The lowest BCUT2D eigenvalue weighted by molar-refractivity contribution is 0.122. The lowest BCUT2D eigenvalue weighted by atomic mass is 10.2. The highest BCUT2D eigenvalue weighted by molar-refractivity contribution is 7.99. The van der Waals surface area contributed by atoms with Crippen LogP contribution in [0.5, 0.6) is 0 Å². The second kappa shape index (κ2) is 7.92. The number of nitrogens with zero attached hydrogens (tertiary/aromatic N) is 6. The molecule has 0 saturated carbocycles. The number of pyridine rings is 2. The van der Waals surface area contributed by atoms with Crippen LogP contribution in [0.3, 0.4) is 0 Å². The Morgan fingerprint density at radius 1 is 1.13 bits per heavy atom. The van der Waals surface area contributed by atoms with Gasteiger partial charge < -0.3 is 14.8 Å². The van der Waals surface area contributed by atoms with Gasteiger partial charge in [0.1, 0.15) is 0 Å². The normalized spacial score (nSPS) is 15.2. The van der Waals surface area contributed by atoms with Gasteiger partial charge in [-0.3, -0.25) is 9.38 Å². The average Bonchev–Trinajstić information content (AvgIpc) is 3.20. The van der Waals surface area contributed by atoms with Crippen molar-refractivity contribution in [2.24, 2.45) is 5.16 Å². The summed E-state index contributed by atoms with van der Waals surface area (Å²) in [6.07, 6.45) is 3.81. The van der Waals surface area contributed by atoms with E-state index in [1.54, 1.807) is 6.92 Å². The third-order valence-electron chi connectivity index (χ3n) is 5.16. The lowest BCUT2D eigenvalue weighted by Gasteiger charge is -2.28. The summed E-state index contributed by atoms with van der Waals surface area (Å²) in [7, 11) is 0. The highest BCUT2D eigenvalue weighted by Gasteiger charge is 2.13. The first-order valence-electron chi connectivity index (χ1n) is 9.65. The standard InChI is InChI=1S/C21H20N6O2S/c1-14(25-28)15-2-5-20-23-24-21(27(20)13-15)30-18-3-4-19-16(11-18)10-17(12-22-19)26-6-8-29-9-7-26/h2-5,10-13,28H,6-9H2,1H3/b25-14-. The third-order valence-corrected chi connectivity index (χ3v) is 6.11. The molecule has 5 rings (SSSR count). The second-order valence-electron chi connectivity index (χ2n) is 7.06. The van der Waals surface area contributed by atoms with Crippen LogP contribution in [0.2, 0.25) is 0 Å². The average molecular weight is 420 g/mol. The molecule has 1 fully saturated rings. The summed E-state index contributed by atoms with van der Waals surface area (Å²) in [5.74, 6) is 0. The fraction of sp³-hybridized carbons (Fsp3) is 0.238. The Labute approximate surface area is 177 Å². The molecule has 30 heavy (non-hydrogen) atoms. The van der Waals surface area contributed by atoms with Gasteiger partial charge in [0.2, 0.25) is 0 Å². The summed E-state index contributed by atoms with van der Waals surface area (Å²) in [4.78, 5) is 7.97. The first kappa shape index (κ1) is 18.8. The van der Waals surface area contributed by atoms with Gasteiger partial charge in [-0.15, -0.1) is 10.2 Å². The van der Waals surface area contributed by atoms with Gasteiger partial charge in [0.25, 0.3) is 0 Å². The number of fused-ring (bicyclic) bond motifs is 2. The number of hydrogen-bond acceptors (Lipinski definition) is 8. The van der Waals surface area contributed by atoms with Crippen LogP contribution in [-0.4, -0.2) is 56.8 Å². The molecule has 4 aromatic rings. The Hall–Kier alpha value is -3.17. The number of oxime groups is 1. The molecule has 1 aliphatic heterocycles. The van der Waals surface area contributed by atoms with E-state index in [9.17, 15) is 0 Å². The van der Waals surface area contributed by atoms with E-state index >= 15 is 0 Å². The zero-order chi connectivity index (χ0) is 20.5. The Kier molecular flexibility index (Phi) is 4.97. The van der Waals surface area contributed by atoms with Crippen molar-refractivity contribution in [1.29, 1.82) is 0 Å². The third kappa shape index (κ3) is 3.57. The van der Waals surface area contributed by atoms with Crippen molar-refractivity contribution in [3.8, 4) is 0 Å². The van der Waals surface area contributed by atoms with Gasteiger partial charge in [-0.25, -0.2) is 0 Å². The van der Waals surface area contributed by atoms with E-state index in [-0.39, 0.29) is 0 Å². The SMILES string of the molecule is C/C(=N/O)c1ccc2nnc(Sc3ccc4ncc(N5CCOCC5)cc4c3)n2c1. The number of benzene rings is 1. The highest BCUT2D eigenvalue weighted by Crippen LogP contribution is 2.30. The largest absolute Gasteiger partial charge is 0.411 e. The van der Waals surface area contributed by atoms with Gasteiger partial charge in [-0.2, -0.15) is 0 Å². The molecule has 1 N–H and O–H groups in total. The van der Waals surface area contributed by atoms with E-state index in [4.69, 9.17) is 9.94 Å². The van der Waals surface area contributed by atoms with Gasteiger partial charge in [0.05, 0.1) is 36.3 Å². The summed E-state index contributed by atoms with van der Waals surface area (Å²) < 4.78 is 7.35. The van der Waals surface area contributed by atoms with Crippen molar-refractivity contribution in [3.63, 3.8) is 0 Å². The van der Waals surface area contributed by atoms with E-state index in [0.717, 1.165) is 64.2 Å². The fourth-order valence-corrected chi connectivity index (χ4v) is 4.33. The summed E-state index contributed by atoms with van der Waals surface area (Å²) in [5, 5.41) is 22.7. The topological polar surface area (TPSA) is 88.1 Å². The minimum Gasteiger partial charge on any atom is -0.411 e. The number of morpholine rings is 1. The van der Waals surface area contributed by atoms with Gasteiger partial charge in [0.15, 0.2) is 10.8 Å². The van der Waals surface area contributed by atoms with Crippen molar-refractivity contribution in [3.05, 3.63) is 54.4 Å². The first-order chi connectivity index (χ1) is 14.7. The van der Waals surface area contributed by atoms with Crippen molar-refractivity contribution in [2.75, 3.05) is 31.2 Å². The van der Waals surface area contributed by atoms with Crippen LogP contribution in [0.1, 0.15) is 12.5 Å². The molecule has 0 atom stereocenters. The second-order valence-corrected chi connectivity index (χ2v) is 8.10. The van der Waals surface area contributed by atoms with E-state index in [1.165, 1.54) is 11.8 Å². The molecule has 0 unspecified atom stereocenters. The number of rotatable bonds is 4. The van der Waals surface area contributed by atoms with E-state index in [0.29, 0.717) is 5.71 Å². The molecule has 3 aromatic heterocycles. The number of aromatic nitrogens is 4. The van der Waals surface area contributed by atoms with Crippen LogP contribution in [0.25, 0.3) is 16.6 Å². The van der Waals surface area contributed by atoms with Crippen molar-refractivity contribution in [1.82, 2.24) is 19.6 Å². The van der Waals surface area contributed by atoms with Crippen LogP contribution in [-0.2, 0) is 4.74 Å². The Morgan fingerprint density at radius 3 is 2.83 bits per heavy atom. The first-order valence-corrected chi connectivity index (χ1v) is 10.5. The van der Waals surface area contributed by atoms with Crippen LogP contribution >= 0.6 is 11.8 Å². The summed E-state index contributed by atoms with van der Waals surface area (Å²) >= 11 is 1.53. The maximum Gasteiger partial charge on any atom is 0.200 e. The minimum atomic E-state index is 0.536. The Balaban J connectivity index is 1.47. The summed E-state index contributed by atoms with van der Waals surface area (Å²) in [5.41, 5.74) is 4.16. The molecule has 9 heteroatoms. The van der Waals surface area contributed by atoms with Gasteiger partial charge >= 0.3 is 0 Å². The fourth-order valence-electron chi connectivity index (χ4n) is 3.47. The van der Waals surface area contributed by atoms with Crippen LogP contribution < -0.4 is 4.90 Å². The maximum absolute atomic E-state index is 9.06. The van der Waals surface area contributed by atoms with Gasteiger partial charge in [-0.05, 0) is 55.1 Å². The Morgan fingerprint density at radius 2 is 2.00 bits per heavy atom. The predicted octanol–water partition coefficient (Wildman–Crippen LogP) is 3.46. The molecule has 0 spiro atoms. The zero-order valence-corrected chi connectivity index (χ0v) is 17.2.